The molecule has 10 rings (SSSR count). The van der Waals surface area contributed by atoms with Crippen molar-refractivity contribution in [3.05, 3.63) is 193 Å². The Balaban J connectivity index is 1.13. The molecule has 0 spiro atoms. The molecule has 0 saturated heterocycles. The van der Waals surface area contributed by atoms with Crippen LogP contribution in [0.3, 0.4) is 0 Å². The number of anilines is 2. The first-order chi connectivity index (χ1) is 24.8. The number of hydrogen-bond donors (Lipinski definition) is 1. The molecule has 5 heteroatoms. The molecular formula is C45H33N5. The Morgan fingerprint density at radius 3 is 2.16 bits per heavy atom. The van der Waals surface area contributed by atoms with Crippen molar-refractivity contribution in [2.24, 2.45) is 9.98 Å². The molecule has 0 bridgehead atoms. The molecule has 0 amide bonds. The van der Waals surface area contributed by atoms with E-state index in [0.717, 1.165) is 39.2 Å². The van der Waals surface area contributed by atoms with Crippen molar-refractivity contribution in [3.8, 4) is 11.1 Å². The quantitative estimate of drug-likeness (QED) is 0.208. The van der Waals surface area contributed by atoms with Crippen LogP contribution in [0.1, 0.15) is 28.8 Å². The third kappa shape index (κ3) is 4.55. The number of fused-ring (bicyclic) bond motifs is 6. The number of nitrogens with zero attached hydrogens (tertiary/aromatic N) is 4. The lowest BCUT2D eigenvalue weighted by Gasteiger charge is -2.29. The van der Waals surface area contributed by atoms with Gasteiger partial charge in [0, 0.05) is 39.2 Å². The van der Waals surface area contributed by atoms with Gasteiger partial charge >= 0.3 is 0 Å². The summed E-state index contributed by atoms with van der Waals surface area (Å²) in [5, 5.41) is 6.09. The molecule has 2 aliphatic heterocycles. The van der Waals surface area contributed by atoms with E-state index in [4.69, 9.17) is 9.98 Å². The number of rotatable bonds is 4. The number of allylic oxidation sites excluding steroid dienone is 2. The Kier molecular flexibility index (Phi) is 6.62. The molecule has 0 radical (unpaired) electrons. The molecule has 3 unspecified atom stereocenters. The van der Waals surface area contributed by atoms with Crippen molar-refractivity contribution in [1.82, 2.24) is 9.88 Å². The van der Waals surface area contributed by atoms with Gasteiger partial charge in [-0.05, 0) is 41.0 Å². The first kappa shape index (κ1) is 28.5. The lowest BCUT2D eigenvalue weighted by molar-refractivity contribution is 0.661. The predicted molar refractivity (Wildman–Crippen MR) is 206 cm³/mol. The van der Waals surface area contributed by atoms with Crippen LogP contribution in [0.5, 0.6) is 0 Å². The van der Waals surface area contributed by atoms with Crippen LogP contribution in [-0.2, 0) is 0 Å². The number of amidine groups is 1. The lowest BCUT2D eigenvalue weighted by atomic mass is 9.91. The highest BCUT2D eigenvalue weighted by Crippen LogP contribution is 2.48. The molecule has 3 atom stereocenters. The molecule has 0 fully saturated rings. The zero-order valence-corrected chi connectivity index (χ0v) is 27.3. The number of aromatic nitrogens is 1. The zero-order valence-electron chi connectivity index (χ0n) is 27.3. The average molecular weight is 644 g/mol. The third-order valence-corrected chi connectivity index (χ3v) is 10.2. The van der Waals surface area contributed by atoms with Gasteiger partial charge < -0.3 is 10.2 Å². The van der Waals surface area contributed by atoms with E-state index in [1.54, 1.807) is 0 Å². The molecule has 0 saturated carbocycles. The van der Waals surface area contributed by atoms with E-state index in [9.17, 15) is 0 Å². The van der Waals surface area contributed by atoms with Crippen LogP contribution in [0.25, 0.3) is 32.9 Å². The Morgan fingerprint density at radius 1 is 0.580 bits per heavy atom. The van der Waals surface area contributed by atoms with E-state index in [-0.39, 0.29) is 12.2 Å². The molecule has 3 heterocycles. The van der Waals surface area contributed by atoms with Gasteiger partial charge in [-0.3, -0.25) is 4.57 Å². The highest BCUT2D eigenvalue weighted by Gasteiger charge is 2.37. The van der Waals surface area contributed by atoms with Crippen LogP contribution in [-0.4, -0.2) is 22.4 Å². The van der Waals surface area contributed by atoms with Crippen LogP contribution in [0, 0.1) is 0 Å². The number of hydrogen-bond acceptors (Lipinski definition) is 4. The highest BCUT2D eigenvalue weighted by atomic mass is 15.3. The van der Waals surface area contributed by atoms with Crippen LogP contribution in [0.15, 0.2) is 186 Å². The summed E-state index contributed by atoms with van der Waals surface area (Å²) in [4.78, 5) is 12.8. The van der Waals surface area contributed by atoms with Crippen molar-refractivity contribution in [3.63, 3.8) is 0 Å². The Hall–Kier alpha value is -6.46. The summed E-state index contributed by atoms with van der Waals surface area (Å²) < 4.78 is 2.29. The molecule has 1 N–H and O–H groups in total. The first-order valence-corrected chi connectivity index (χ1v) is 17.2. The minimum atomic E-state index is -0.294. The fourth-order valence-corrected chi connectivity index (χ4v) is 7.94. The maximum atomic E-state index is 5.23. The van der Waals surface area contributed by atoms with Gasteiger partial charge in [-0.15, -0.1) is 0 Å². The highest BCUT2D eigenvalue weighted by molar-refractivity contribution is 6.19. The summed E-state index contributed by atoms with van der Waals surface area (Å²) >= 11 is 0. The molecule has 50 heavy (non-hydrogen) atoms. The van der Waals surface area contributed by atoms with E-state index in [1.165, 1.54) is 27.7 Å². The molecule has 6 aromatic carbocycles. The van der Waals surface area contributed by atoms with Gasteiger partial charge in [-0.1, -0.05) is 152 Å². The fourth-order valence-electron chi connectivity index (χ4n) is 7.94. The second-order valence-corrected chi connectivity index (χ2v) is 13.0. The first-order valence-electron chi connectivity index (χ1n) is 17.2. The molecule has 5 nitrogen and oxygen atoms in total. The monoisotopic (exact) mass is 643 g/mol. The van der Waals surface area contributed by atoms with Gasteiger partial charge in [0.15, 0.2) is 5.84 Å². The molecular weight excluding hydrogens is 611 g/mol. The van der Waals surface area contributed by atoms with Gasteiger partial charge in [0.1, 0.15) is 6.17 Å². The Bertz CT molecular complexity index is 2520. The minimum Gasteiger partial charge on any atom is -0.333 e. The van der Waals surface area contributed by atoms with Crippen molar-refractivity contribution in [2.45, 2.75) is 18.1 Å². The van der Waals surface area contributed by atoms with E-state index >= 15 is 0 Å². The number of para-hydroxylation sites is 3. The normalized spacial score (nSPS) is 19.2. The molecule has 1 aliphatic carbocycles. The summed E-state index contributed by atoms with van der Waals surface area (Å²) in [5.41, 5.74) is 10.4. The van der Waals surface area contributed by atoms with E-state index in [1.807, 2.05) is 24.3 Å². The largest absolute Gasteiger partial charge is 0.333 e. The average Bonchev–Trinajstić information content (AvgIpc) is 3.72. The van der Waals surface area contributed by atoms with Crippen LogP contribution < -0.4 is 10.2 Å². The smallest absolute Gasteiger partial charge is 0.211 e. The number of nitrogens with one attached hydrogen (secondary N) is 1. The van der Waals surface area contributed by atoms with Crippen LogP contribution >= 0.6 is 0 Å². The fraction of sp³-hybridized carbons (Fsp3) is 0.0667. The number of aliphatic imine (C=N–C) groups is 2. The maximum Gasteiger partial charge on any atom is 0.211 e. The summed E-state index contributed by atoms with van der Waals surface area (Å²) in [7, 11) is 0. The number of benzene rings is 6. The van der Waals surface area contributed by atoms with Gasteiger partial charge in [0.2, 0.25) is 5.96 Å². The Labute approximate surface area is 290 Å². The minimum absolute atomic E-state index is 0.266. The molecule has 238 valence electrons. The topological polar surface area (TPSA) is 44.9 Å². The van der Waals surface area contributed by atoms with E-state index < -0.39 is 0 Å². The SMILES string of the molecule is C1=CC2c3ccccc3N(c3ccc(-c4cccc5c6ccccc6n(C6=NC(c7ccccc7)=NC(c7ccccc7)N6)c45)cc3)C2C=C1. The van der Waals surface area contributed by atoms with Crippen molar-refractivity contribution < 1.29 is 0 Å². The zero-order chi connectivity index (χ0) is 33.0. The standard InChI is InChI=1S/C45H33N5/c1-3-14-31(15-4-1)43-46-44(32-16-5-2-6-17-32)48-45(47-43)50-41-25-12-9-20-37(41)38-22-13-21-34(42(38)50)30-26-28-33(29-27-30)49-39-23-10-7-18-35(39)36-19-8-11-24-40(36)49/h1-29,35,39,43H,(H,46,47,48). The van der Waals surface area contributed by atoms with Crippen molar-refractivity contribution in [1.29, 1.82) is 0 Å². The predicted octanol–water partition coefficient (Wildman–Crippen LogP) is 10.1. The lowest BCUT2D eigenvalue weighted by Crippen LogP contribution is -2.37. The summed E-state index contributed by atoms with van der Waals surface area (Å²) in [6.07, 6.45) is 8.71. The van der Waals surface area contributed by atoms with Gasteiger partial charge in [0.25, 0.3) is 0 Å². The van der Waals surface area contributed by atoms with Crippen LogP contribution in [0.2, 0.25) is 0 Å². The van der Waals surface area contributed by atoms with Gasteiger partial charge in [0.05, 0.1) is 17.1 Å². The van der Waals surface area contributed by atoms with E-state index in [2.05, 4.69) is 166 Å². The summed E-state index contributed by atoms with van der Waals surface area (Å²) in [6, 6.07) is 54.0. The van der Waals surface area contributed by atoms with Gasteiger partial charge in [-0.2, -0.15) is 4.99 Å². The van der Waals surface area contributed by atoms with E-state index in [0.29, 0.717) is 11.8 Å². The summed E-state index contributed by atoms with van der Waals surface area (Å²) in [6.45, 7) is 0. The van der Waals surface area contributed by atoms with Gasteiger partial charge in [-0.25, -0.2) is 4.99 Å². The van der Waals surface area contributed by atoms with Crippen molar-refractivity contribution >= 4 is 45.0 Å². The molecule has 7 aromatic rings. The second kappa shape index (κ2) is 11.6. The Morgan fingerprint density at radius 2 is 1.30 bits per heavy atom. The summed E-state index contributed by atoms with van der Waals surface area (Å²) in [5.74, 6) is 1.81. The second-order valence-electron chi connectivity index (χ2n) is 13.0. The van der Waals surface area contributed by atoms with Crippen molar-refractivity contribution in [2.75, 3.05) is 4.90 Å². The van der Waals surface area contributed by atoms with Crippen LogP contribution in [0.4, 0.5) is 11.4 Å². The third-order valence-electron chi connectivity index (χ3n) is 10.2. The maximum absolute atomic E-state index is 5.23. The molecule has 1 aromatic heterocycles. The molecule has 3 aliphatic rings.